The topological polar surface area (TPSA) is 58.2 Å². The van der Waals surface area contributed by atoms with Crippen molar-refractivity contribution in [3.05, 3.63) is 22.4 Å². The van der Waals surface area contributed by atoms with Gasteiger partial charge in [0.05, 0.1) is 6.04 Å². The first-order chi connectivity index (χ1) is 9.58. The van der Waals surface area contributed by atoms with E-state index in [2.05, 4.69) is 30.5 Å². The summed E-state index contributed by atoms with van der Waals surface area (Å²) in [5.41, 5.74) is 0. The van der Waals surface area contributed by atoms with Gasteiger partial charge in [0.25, 0.3) is 0 Å². The second-order valence-electron chi connectivity index (χ2n) is 4.87. The Morgan fingerprint density at radius 1 is 1.30 bits per heavy atom. The summed E-state index contributed by atoms with van der Waals surface area (Å²) in [5, 5.41) is 7.80. The average molecular weight is 296 g/mol. The maximum Gasteiger partial charge on any atom is 0.222 e. The molecule has 1 rings (SSSR count). The molecule has 0 spiro atoms. The average Bonchev–Trinajstić information content (AvgIpc) is 2.92. The zero-order chi connectivity index (χ0) is 15.0. The molecule has 4 nitrogen and oxygen atoms in total. The summed E-state index contributed by atoms with van der Waals surface area (Å²) in [7, 11) is 0. The van der Waals surface area contributed by atoms with Gasteiger partial charge in [0.2, 0.25) is 11.8 Å². The highest BCUT2D eigenvalue weighted by molar-refractivity contribution is 7.10. The standard InChI is InChI=1S/C15H24N2O2S/c1-4-12(5-2)15(13-7-6-10-20-13)17-14(19)8-9-16-11(3)18/h6-7,10,12,15H,4-5,8-9H2,1-3H3,(H,16,18)(H,17,19)/t15-/m1/s1. The number of hydrogen-bond donors (Lipinski definition) is 2. The van der Waals surface area contributed by atoms with E-state index < -0.39 is 0 Å². The maximum atomic E-state index is 12.0. The highest BCUT2D eigenvalue weighted by atomic mass is 32.1. The van der Waals surface area contributed by atoms with E-state index in [0.29, 0.717) is 18.9 Å². The number of carbonyl (C=O) groups excluding carboxylic acids is 2. The molecule has 0 aliphatic rings. The molecule has 0 saturated carbocycles. The van der Waals surface area contributed by atoms with E-state index in [-0.39, 0.29) is 17.9 Å². The van der Waals surface area contributed by atoms with Crippen LogP contribution in [0.2, 0.25) is 0 Å². The lowest BCUT2D eigenvalue weighted by atomic mass is 9.93. The van der Waals surface area contributed by atoms with Crippen molar-refractivity contribution in [3.8, 4) is 0 Å². The first-order valence-corrected chi connectivity index (χ1v) is 8.03. The van der Waals surface area contributed by atoms with Crippen LogP contribution in [0, 0.1) is 5.92 Å². The second kappa shape index (κ2) is 8.74. The fourth-order valence-electron chi connectivity index (χ4n) is 2.25. The fourth-order valence-corrected chi connectivity index (χ4v) is 3.12. The van der Waals surface area contributed by atoms with Crippen molar-refractivity contribution in [2.24, 2.45) is 5.92 Å². The van der Waals surface area contributed by atoms with E-state index >= 15 is 0 Å². The van der Waals surface area contributed by atoms with Gasteiger partial charge in [-0.15, -0.1) is 11.3 Å². The highest BCUT2D eigenvalue weighted by Crippen LogP contribution is 2.30. The normalized spacial score (nSPS) is 12.2. The summed E-state index contributed by atoms with van der Waals surface area (Å²) >= 11 is 1.68. The van der Waals surface area contributed by atoms with Gasteiger partial charge in [0.1, 0.15) is 0 Å². The number of nitrogens with one attached hydrogen (secondary N) is 2. The smallest absolute Gasteiger partial charge is 0.222 e. The molecule has 0 saturated heterocycles. The van der Waals surface area contributed by atoms with Crippen LogP contribution >= 0.6 is 11.3 Å². The zero-order valence-corrected chi connectivity index (χ0v) is 13.3. The van der Waals surface area contributed by atoms with E-state index in [1.165, 1.54) is 11.8 Å². The van der Waals surface area contributed by atoms with E-state index in [1.807, 2.05) is 11.4 Å². The van der Waals surface area contributed by atoms with Crippen LogP contribution in [-0.2, 0) is 9.59 Å². The van der Waals surface area contributed by atoms with Crippen LogP contribution < -0.4 is 10.6 Å². The molecule has 0 bridgehead atoms. The summed E-state index contributed by atoms with van der Waals surface area (Å²) in [4.78, 5) is 24.0. The van der Waals surface area contributed by atoms with Crippen molar-refractivity contribution in [1.29, 1.82) is 0 Å². The molecule has 1 atom stereocenters. The lowest BCUT2D eigenvalue weighted by Gasteiger charge is -2.25. The Labute approximate surface area is 125 Å². The molecule has 1 heterocycles. The molecule has 20 heavy (non-hydrogen) atoms. The third-order valence-electron chi connectivity index (χ3n) is 3.41. The Kier molecular flexibility index (Phi) is 7.30. The Morgan fingerprint density at radius 2 is 2.00 bits per heavy atom. The molecule has 5 heteroatoms. The van der Waals surface area contributed by atoms with Crippen LogP contribution in [0.3, 0.4) is 0 Å². The molecule has 0 fully saturated rings. The molecule has 1 aromatic rings. The minimum atomic E-state index is -0.104. The van der Waals surface area contributed by atoms with Gasteiger partial charge in [-0.1, -0.05) is 32.8 Å². The van der Waals surface area contributed by atoms with Crippen molar-refractivity contribution >= 4 is 23.2 Å². The van der Waals surface area contributed by atoms with Gasteiger partial charge >= 0.3 is 0 Å². The molecule has 0 unspecified atom stereocenters. The van der Waals surface area contributed by atoms with E-state index in [9.17, 15) is 9.59 Å². The molecular weight excluding hydrogens is 272 g/mol. The Hall–Kier alpha value is -1.36. The minimum absolute atomic E-state index is 0.0101. The molecule has 2 amide bonds. The lowest BCUT2D eigenvalue weighted by Crippen LogP contribution is -2.35. The first-order valence-electron chi connectivity index (χ1n) is 7.15. The fraction of sp³-hybridized carbons (Fsp3) is 0.600. The summed E-state index contributed by atoms with van der Waals surface area (Å²) < 4.78 is 0. The van der Waals surface area contributed by atoms with Crippen LogP contribution in [0.15, 0.2) is 17.5 Å². The molecule has 0 aromatic carbocycles. The molecule has 0 aliphatic carbocycles. The van der Waals surface area contributed by atoms with E-state index in [0.717, 1.165) is 12.8 Å². The number of hydrogen-bond acceptors (Lipinski definition) is 3. The van der Waals surface area contributed by atoms with Crippen LogP contribution in [0.25, 0.3) is 0 Å². The molecule has 0 radical (unpaired) electrons. The van der Waals surface area contributed by atoms with Gasteiger partial charge in [-0.2, -0.15) is 0 Å². The Bertz CT molecular complexity index is 414. The van der Waals surface area contributed by atoms with E-state index in [1.54, 1.807) is 11.3 Å². The van der Waals surface area contributed by atoms with Crippen molar-refractivity contribution in [3.63, 3.8) is 0 Å². The monoisotopic (exact) mass is 296 g/mol. The Morgan fingerprint density at radius 3 is 2.50 bits per heavy atom. The predicted octanol–water partition coefficient (Wildman–Crippen LogP) is 2.87. The van der Waals surface area contributed by atoms with Gasteiger partial charge < -0.3 is 10.6 Å². The van der Waals surface area contributed by atoms with Gasteiger partial charge in [0, 0.05) is 24.8 Å². The van der Waals surface area contributed by atoms with Gasteiger partial charge in [-0.3, -0.25) is 9.59 Å². The highest BCUT2D eigenvalue weighted by Gasteiger charge is 2.23. The van der Waals surface area contributed by atoms with Crippen molar-refractivity contribution in [2.45, 2.75) is 46.1 Å². The number of carbonyl (C=O) groups is 2. The minimum Gasteiger partial charge on any atom is -0.356 e. The van der Waals surface area contributed by atoms with Crippen molar-refractivity contribution in [2.75, 3.05) is 6.54 Å². The van der Waals surface area contributed by atoms with Gasteiger partial charge in [0.15, 0.2) is 0 Å². The first kappa shape index (κ1) is 16.7. The van der Waals surface area contributed by atoms with Gasteiger partial charge in [-0.25, -0.2) is 0 Å². The summed E-state index contributed by atoms with van der Waals surface area (Å²) in [6, 6.07) is 4.16. The van der Waals surface area contributed by atoms with E-state index in [4.69, 9.17) is 0 Å². The van der Waals surface area contributed by atoms with Crippen LogP contribution in [-0.4, -0.2) is 18.4 Å². The summed E-state index contributed by atoms with van der Waals surface area (Å²) in [6.07, 6.45) is 2.39. The second-order valence-corrected chi connectivity index (χ2v) is 5.85. The van der Waals surface area contributed by atoms with Crippen LogP contribution in [0.5, 0.6) is 0 Å². The zero-order valence-electron chi connectivity index (χ0n) is 12.4. The molecule has 112 valence electrons. The molecule has 2 N–H and O–H groups in total. The van der Waals surface area contributed by atoms with Gasteiger partial charge in [-0.05, 0) is 17.4 Å². The van der Waals surface area contributed by atoms with Crippen molar-refractivity contribution in [1.82, 2.24) is 10.6 Å². The largest absolute Gasteiger partial charge is 0.356 e. The SMILES string of the molecule is CCC(CC)[C@@H](NC(=O)CCNC(C)=O)c1cccs1. The molecule has 1 aromatic heterocycles. The third kappa shape index (κ3) is 5.33. The molecular formula is C15H24N2O2S. The molecule has 0 aliphatic heterocycles. The summed E-state index contributed by atoms with van der Waals surface area (Å²) in [6.45, 7) is 6.15. The maximum absolute atomic E-state index is 12.0. The third-order valence-corrected chi connectivity index (χ3v) is 4.37. The number of rotatable bonds is 8. The lowest BCUT2D eigenvalue weighted by molar-refractivity contribution is -0.122. The van der Waals surface area contributed by atoms with Crippen molar-refractivity contribution < 1.29 is 9.59 Å². The number of thiophene rings is 1. The quantitative estimate of drug-likeness (QED) is 0.775. The Balaban J connectivity index is 2.61. The number of amides is 2. The van der Waals surface area contributed by atoms with Crippen LogP contribution in [0.4, 0.5) is 0 Å². The predicted molar refractivity (Wildman–Crippen MR) is 82.6 cm³/mol. The van der Waals surface area contributed by atoms with Crippen LogP contribution in [0.1, 0.15) is 51.0 Å². The summed E-state index contributed by atoms with van der Waals surface area (Å²) in [5.74, 6) is 0.329.